The van der Waals surface area contributed by atoms with Crippen molar-refractivity contribution in [2.24, 2.45) is 0 Å². The monoisotopic (exact) mass is 397 g/mol. The Morgan fingerprint density at radius 2 is 1.70 bits per heavy atom. The van der Waals surface area contributed by atoms with Gasteiger partial charge in [-0.15, -0.1) is 0 Å². The lowest BCUT2D eigenvalue weighted by atomic mass is 10.2. The molecule has 0 atom stereocenters. The number of fused-ring (bicyclic) bond motifs is 2. The number of hydrogen-bond donors (Lipinski definition) is 1. The molecule has 1 amide bonds. The number of pyridine rings is 1. The highest BCUT2D eigenvalue weighted by Gasteiger charge is 2.16. The van der Waals surface area contributed by atoms with E-state index in [2.05, 4.69) is 15.3 Å². The molecule has 30 heavy (non-hydrogen) atoms. The van der Waals surface area contributed by atoms with E-state index >= 15 is 0 Å². The molecule has 2 aromatic carbocycles. The van der Waals surface area contributed by atoms with E-state index in [1.165, 1.54) is 6.07 Å². The summed E-state index contributed by atoms with van der Waals surface area (Å²) in [5, 5.41) is 3.16. The van der Waals surface area contributed by atoms with E-state index < -0.39 is 5.91 Å². The number of para-hydroxylation sites is 1. The van der Waals surface area contributed by atoms with E-state index in [-0.39, 0.29) is 11.2 Å². The van der Waals surface area contributed by atoms with Gasteiger partial charge in [0.15, 0.2) is 11.2 Å². The first-order valence-electron chi connectivity index (χ1n) is 9.26. The minimum atomic E-state index is -0.547. The van der Waals surface area contributed by atoms with Crippen LogP contribution in [-0.2, 0) is 0 Å². The summed E-state index contributed by atoms with van der Waals surface area (Å²) in [4.78, 5) is 33.8. The maximum atomic E-state index is 12.7. The van der Waals surface area contributed by atoms with Gasteiger partial charge < -0.3 is 14.2 Å². The van der Waals surface area contributed by atoms with Crippen LogP contribution < -0.4 is 10.7 Å². The minimum absolute atomic E-state index is 0.0803. The summed E-state index contributed by atoms with van der Waals surface area (Å²) in [6.45, 7) is 1.75. The number of aromatic nitrogens is 2. The third kappa shape index (κ3) is 3.12. The lowest BCUT2D eigenvalue weighted by Crippen LogP contribution is -2.16. The highest BCUT2D eigenvalue weighted by atomic mass is 16.4. The van der Waals surface area contributed by atoms with Gasteiger partial charge in [-0.3, -0.25) is 9.59 Å². The molecular formula is C23H15N3O4. The molecule has 0 saturated heterocycles. The second kappa shape index (κ2) is 6.97. The molecule has 1 N–H and O–H groups in total. The fourth-order valence-corrected chi connectivity index (χ4v) is 3.18. The van der Waals surface area contributed by atoms with Crippen LogP contribution in [0.2, 0.25) is 0 Å². The van der Waals surface area contributed by atoms with Crippen molar-refractivity contribution in [3.05, 3.63) is 88.4 Å². The Morgan fingerprint density at radius 3 is 2.53 bits per heavy atom. The summed E-state index contributed by atoms with van der Waals surface area (Å²) < 4.78 is 11.3. The van der Waals surface area contributed by atoms with Gasteiger partial charge in [0.2, 0.25) is 11.6 Å². The zero-order valence-corrected chi connectivity index (χ0v) is 15.9. The first kappa shape index (κ1) is 17.8. The van der Waals surface area contributed by atoms with Crippen LogP contribution in [0.5, 0.6) is 0 Å². The Bertz CT molecular complexity index is 1470. The number of nitrogens with zero attached hydrogens (tertiary/aromatic N) is 2. The molecule has 3 heterocycles. The number of benzene rings is 2. The zero-order chi connectivity index (χ0) is 20.7. The molecule has 5 aromatic rings. The van der Waals surface area contributed by atoms with Crippen molar-refractivity contribution >= 4 is 33.8 Å². The van der Waals surface area contributed by atoms with Crippen molar-refractivity contribution in [2.75, 3.05) is 5.32 Å². The van der Waals surface area contributed by atoms with Gasteiger partial charge in [-0.2, -0.15) is 0 Å². The molecule has 7 heteroatoms. The van der Waals surface area contributed by atoms with Gasteiger partial charge in [0, 0.05) is 11.6 Å². The van der Waals surface area contributed by atoms with Crippen LogP contribution in [0.25, 0.3) is 33.7 Å². The maximum absolute atomic E-state index is 12.7. The van der Waals surface area contributed by atoms with Gasteiger partial charge in [0.25, 0.3) is 5.91 Å². The van der Waals surface area contributed by atoms with Crippen molar-refractivity contribution in [2.45, 2.75) is 6.92 Å². The summed E-state index contributed by atoms with van der Waals surface area (Å²) in [5.74, 6) is -0.182. The Kier molecular flexibility index (Phi) is 4.14. The molecule has 5 rings (SSSR count). The number of amides is 1. The topological polar surface area (TPSA) is 98.2 Å². The smallest absolute Gasteiger partial charge is 0.291 e. The van der Waals surface area contributed by atoms with Crippen LogP contribution in [0, 0.1) is 6.92 Å². The summed E-state index contributed by atoms with van der Waals surface area (Å²) in [5.41, 5.74) is 2.79. The quantitative estimate of drug-likeness (QED) is 0.479. The normalized spacial score (nSPS) is 11.1. The molecular weight excluding hydrogens is 382 g/mol. The molecule has 0 fully saturated rings. The van der Waals surface area contributed by atoms with E-state index in [1.807, 2.05) is 30.3 Å². The fourth-order valence-electron chi connectivity index (χ4n) is 3.18. The van der Waals surface area contributed by atoms with Gasteiger partial charge in [-0.25, -0.2) is 9.97 Å². The number of hydrogen-bond acceptors (Lipinski definition) is 6. The van der Waals surface area contributed by atoms with Crippen LogP contribution in [0.15, 0.2) is 80.4 Å². The lowest BCUT2D eigenvalue weighted by molar-refractivity contribution is 0.0997. The Morgan fingerprint density at radius 1 is 0.933 bits per heavy atom. The van der Waals surface area contributed by atoms with E-state index in [1.54, 1.807) is 37.3 Å². The standard InChI is InChI=1S/C23H15N3O4/c1-13-16(11-17-23(24-13)30-22(26-17)14-7-3-2-4-8-14)25-21(28)20-12-18(27)15-9-5-6-10-19(15)29-20/h2-12H,1H3,(H,25,28). The van der Waals surface area contributed by atoms with Gasteiger partial charge in [-0.1, -0.05) is 30.3 Å². The third-order valence-electron chi connectivity index (χ3n) is 4.70. The summed E-state index contributed by atoms with van der Waals surface area (Å²) in [7, 11) is 0. The van der Waals surface area contributed by atoms with Crippen molar-refractivity contribution < 1.29 is 13.6 Å². The second-order valence-corrected chi connectivity index (χ2v) is 6.76. The summed E-state index contributed by atoms with van der Waals surface area (Å²) >= 11 is 0. The van der Waals surface area contributed by atoms with E-state index in [0.717, 1.165) is 5.56 Å². The number of rotatable bonds is 3. The van der Waals surface area contributed by atoms with Crippen LogP contribution in [0.4, 0.5) is 5.69 Å². The Hall–Kier alpha value is -4.26. The SMILES string of the molecule is Cc1nc2oc(-c3ccccc3)nc2cc1NC(=O)c1cc(=O)c2ccccc2o1. The number of anilines is 1. The predicted octanol–water partition coefficient (Wildman–Crippen LogP) is 4.56. The van der Waals surface area contributed by atoms with Crippen LogP contribution >= 0.6 is 0 Å². The molecule has 0 aliphatic heterocycles. The lowest BCUT2D eigenvalue weighted by Gasteiger charge is -2.07. The van der Waals surface area contributed by atoms with Crippen LogP contribution in [-0.4, -0.2) is 15.9 Å². The summed E-state index contributed by atoms with van der Waals surface area (Å²) in [6.07, 6.45) is 0. The van der Waals surface area contributed by atoms with Crippen molar-refractivity contribution in [1.29, 1.82) is 0 Å². The van der Waals surface area contributed by atoms with Gasteiger partial charge >= 0.3 is 0 Å². The molecule has 146 valence electrons. The minimum Gasteiger partial charge on any atom is -0.451 e. The van der Waals surface area contributed by atoms with Crippen molar-refractivity contribution in [3.63, 3.8) is 0 Å². The number of carbonyl (C=O) groups is 1. The first-order chi connectivity index (χ1) is 14.6. The van der Waals surface area contributed by atoms with Gasteiger partial charge in [0.05, 0.1) is 16.8 Å². The molecule has 0 spiro atoms. The van der Waals surface area contributed by atoms with Crippen molar-refractivity contribution in [3.8, 4) is 11.5 Å². The average Bonchev–Trinajstić information content (AvgIpc) is 3.17. The van der Waals surface area contributed by atoms with E-state index in [0.29, 0.717) is 39.5 Å². The molecule has 0 radical (unpaired) electrons. The molecule has 7 nitrogen and oxygen atoms in total. The molecule has 0 aliphatic rings. The second-order valence-electron chi connectivity index (χ2n) is 6.76. The van der Waals surface area contributed by atoms with Crippen LogP contribution in [0.3, 0.4) is 0 Å². The van der Waals surface area contributed by atoms with Gasteiger partial charge in [0.1, 0.15) is 11.1 Å². The average molecular weight is 397 g/mol. The highest BCUT2D eigenvalue weighted by molar-refractivity contribution is 6.03. The molecule has 0 aliphatic carbocycles. The van der Waals surface area contributed by atoms with Crippen LogP contribution in [0.1, 0.15) is 16.2 Å². The largest absolute Gasteiger partial charge is 0.451 e. The first-order valence-corrected chi connectivity index (χ1v) is 9.26. The number of nitrogens with one attached hydrogen (secondary N) is 1. The third-order valence-corrected chi connectivity index (χ3v) is 4.70. The molecule has 0 unspecified atom stereocenters. The summed E-state index contributed by atoms with van der Waals surface area (Å²) in [6, 6.07) is 19.1. The molecule has 0 saturated carbocycles. The predicted molar refractivity (Wildman–Crippen MR) is 112 cm³/mol. The molecule has 3 aromatic heterocycles. The highest BCUT2D eigenvalue weighted by Crippen LogP contribution is 2.26. The fraction of sp³-hybridized carbons (Fsp3) is 0.0435. The van der Waals surface area contributed by atoms with E-state index in [4.69, 9.17) is 8.83 Å². The molecule has 0 bridgehead atoms. The van der Waals surface area contributed by atoms with Crippen molar-refractivity contribution in [1.82, 2.24) is 9.97 Å². The Labute approximate surface area is 170 Å². The number of oxazole rings is 1. The number of carbonyl (C=O) groups excluding carboxylic acids is 1. The Balaban J connectivity index is 1.50. The zero-order valence-electron chi connectivity index (χ0n) is 15.9. The maximum Gasteiger partial charge on any atom is 0.291 e. The van der Waals surface area contributed by atoms with Gasteiger partial charge in [-0.05, 0) is 37.3 Å². The van der Waals surface area contributed by atoms with E-state index in [9.17, 15) is 9.59 Å². The number of aryl methyl sites for hydroxylation is 1.